The average molecular weight is 367 g/mol. The monoisotopic (exact) mass is 366 g/mol. The molecule has 2 aromatic rings. The summed E-state index contributed by atoms with van der Waals surface area (Å²) in [5.74, 6) is -0.725. The van der Waals surface area contributed by atoms with E-state index in [0.717, 1.165) is 6.07 Å². The van der Waals surface area contributed by atoms with Gasteiger partial charge in [-0.05, 0) is 24.3 Å². The number of primary sulfonamides is 1. The van der Waals surface area contributed by atoms with Crippen LogP contribution in [0.5, 0.6) is 0 Å². The Morgan fingerprint density at radius 1 is 1.41 bits per heavy atom. The summed E-state index contributed by atoms with van der Waals surface area (Å²) in [6, 6.07) is 5.51. The van der Waals surface area contributed by atoms with Gasteiger partial charge in [-0.25, -0.2) is 18.4 Å². The zero-order valence-electron chi connectivity index (χ0n) is 10.9. The van der Waals surface area contributed by atoms with Crippen molar-refractivity contribution in [2.24, 2.45) is 5.14 Å². The SMILES string of the molecule is Cl.NS(=O)(=O)c1cc(C(=O)O)c(NCc2ccco2)cc1Cl. The second-order valence-electron chi connectivity index (χ2n) is 4.11. The number of sulfonamides is 1. The topological polar surface area (TPSA) is 123 Å². The Kier molecular flexibility index (Phi) is 5.84. The van der Waals surface area contributed by atoms with Crippen LogP contribution in [0.15, 0.2) is 39.8 Å². The third-order valence-corrected chi connectivity index (χ3v) is 4.02. The Balaban J connectivity index is 0.00000242. The average Bonchev–Trinajstić information content (AvgIpc) is 2.87. The van der Waals surface area contributed by atoms with Crippen LogP contribution >= 0.6 is 24.0 Å². The number of benzene rings is 1. The number of hydrogen-bond acceptors (Lipinski definition) is 5. The standard InChI is InChI=1S/C12H11ClN2O5S.ClH/c13-9-5-10(15-6-7-2-1-3-20-7)8(12(16)17)4-11(9)21(14,18)19;/h1-5,15H,6H2,(H,16,17)(H2,14,18,19);1H. The van der Waals surface area contributed by atoms with Crippen molar-refractivity contribution in [3.8, 4) is 0 Å². The number of hydrogen-bond donors (Lipinski definition) is 3. The van der Waals surface area contributed by atoms with Crippen molar-refractivity contribution in [1.82, 2.24) is 0 Å². The van der Waals surface area contributed by atoms with Gasteiger partial charge in [0, 0.05) is 0 Å². The summed E-state index contributed by atoms with van der Waals surface area (Å²) in [6.07, 6.45) is 1.48. The quantitative estimate of drug-likeness (QED) is 0.745. The molecule has 2 rings (SSSR count). The fourth-order valence-corrected chi connectivity index (χ4v) is 2.79. The number of carboxylic acids is 1. The molecule has 0 bridgehead atoms. The van der Waals surface area contributed by atoms with Crippen molar-refractivity contribution in [2.45, 2.75) is 11.4 Å². The van der Waals surface area contributed by atoms with Crippen molar-refractivity contribution in [3.63, 3.8) is 0 Å². The van der Waals surface area contributed by atoms with Crippen LogP contribution in [-0.2, 0) is 16.6 Å². The fourth-order valence-electron chi connectivity index (χ4n) is 1.69. The first-order chi connectivity index (χ1) is 9.79. The van der Waals surface area contributed by atoms with Gasteiger partial charge in [-0.15, -0.1) is 12.4 Å². The Labute approximate surface area is 137 Å². The fraction of sp³-hybridized carbons (Fsp3) is 0.0833. The van der Waals surface area contributed by atoms with Crippen LogP contribution in [0, 0.1) is 0 Å². The molecule has 0 radical (unpaired) electrons. The Hall–Kier alpha value is -1.74. The highest BCUT2D eigenvalue weighted by Gasteiger charge is 2.20. The molecule has 1 heterocycles. The predicted octanol–water partition coefficient (Wildman–Crippen LogP) is 2.31. The molecule has 10 heteroatoms. The largest absolute Gasteiger partial charge is 0.478 e. The molecule has 1 aromatic heterocycles. The molecule has 0 unspecified atom stereocenters. The summed E-state index contributed by atoms with van der Waals surface area (Å²) < 4.78 is 27.8. The second-order valence-corrected chi connectivity index (χ2v) is 6.05. The minimum Gasteiger partial charge on any atom is -0.478 e. The van der Waals surface area contributed by atoms with E-state index in [9.17, 15) is 13.2 Å². The van der Waals surface area contributed by atoms with E-state index in [2.05, 4.69) is 5.32 Å². The number of nitrogens with one attached hydrogen (secondary N) is 1. The van der Waals surface area contributed by atoms with Crippen LogP contribution in [-0.4, -0.2) is 19.5 Å². The minimum absolute atomic E-state index is 0. The number of carboxylic acid groups (broad SMARTS) is 1. The summed E-state index contributed by atoms with van der Waals surface area (Å²) in [6.45, 7) is 0.221. The molecule has 4 N–H and O–H groups in total. The molecule has 0 saturated heterocycles. The van der Waals surface area contributed by atoms with Gasteiger partial charge in [0.1, 0.15) is 10.7 Å². The zero-order chi connectivity index (χ0) is 15.6. The number of rotatable bonds is 5. The van der Waals surface area contributed by atoms with Gasteiger partial charge in [-0.2, -0.15) is 0 Å². The molecule has 0 spiro atoms. The van der Waals surface area contributed by atoms with Crippen LogP contribution in [0.3, 0.4) is 0 Å². The van der Waals surface area contributed by atoms with Crippen molar-refractivity contribution in [2.75, 3.05) is 5.32 Å². The normalized spacial score (nSPS) is 10.8. The van der Waals surface area contributed by atoms with E-state index in [-0.39, 0.29) is 35.2 Å². The Bertz CT molecular complexity index is 775. The maximum atomic E-state index is 11.3. The van der Waals surface area contributed by atoms with Crippen molar-refractivity contribution in [3.05, 3.63) is 46.9 Å². The van der Waals surface area contributed by atoms with E-state index in [1.165, 1.54) is 12.3 Å². The summed E-state index contributed by atoms with van der Waals surface area (Å²) in [5, 5.41) is 16.8. The van der Waals surface area contributed by atoms with Crippen LogP contribution < -0.4 is 10.5 Å². The molecule has 0 aliphatic heterocycles. The number of aromatic carboxylic acids is 1. The van der Waals surface area contributed by atoms with Gasteiger partial charge < -0.3 is 14.8 Å². The summed E-state index contributed by atoms with van der Waals surface area (Å²) in [5.41, 5.74) is -0.0914. The maximum absolute atomic E-state index is 11.3. The van der Waals surface area contributed by atoms with Crippen LogP contribution in [0.1, 0.15) is 16.1 Å². The van der Waals surface area contributed by atoms with Crippen molar-refractivity contribution < 1.29 is 22.7 Å². The molecule has 7 nitrogen and oxygen atoms in total. The van der Waals surface area contributed by atoms with Crippen LogP contribution in [0.2, 0.25) is 5.02 Å². The molecule has 0 saturated carbocycles. The zero-order valence-corrected chi connectivity index (χ0v) is 13.3. The maximum Gasteiger partial charge on any atom is 0.337 e. The summed E-state index contributed by atoms with van der Waals surface area (Å²) >= 11 is 5.84. The van der Waals surface area contributed by atoms with Gasteiger partial charge in [0.2, 0.25) is 10.0 Å². The summed E-state index contributed by atoms with van der Waals surface area (Å²) in [7, 11) is -4.11. The van der Waals surface area contributed by atoms with Gasteiger partial charge in [0.05, 0.1) is 29.1 Å². The lowest BCUT2D eigenvalue weighted by Crippen LogP contribution is -2.15. The number of nitrogens with two attached hydrogens (primary N) is 1. The van der Waals surface area contributed by atoms with Crippen LogP contribution in [0.4, 0.5) is 5.69 Å². The molecule has 22 heavy (non-hydrogen) atoms. The van der Waals surface area contributed by atoms with Gasteiger partial charge >= 0.3 is 5.97 Å². The molecule has 1 aromatic carbocycles. The molecule has 0 amide bonds. The van der Waals surface area contributed by atoms with E-state index in [1.807, 2.05) is 0 Å². The van der Waals surface area contributed by atoms with E-state index in [0.29, 0.717) is 5.76 Å². The molecular weight excluding hydrogens is 355 g/mol. The first kappa shape index (κ1) is 18.3. The third-order valence-electron chi connectivity index (χ3n) is 2.64. The number of halogens is 2. The first-order valence-corrected chi connectivity index (χ1v) is 7.57. The van der Waals surface area contributed by atoms with Crippen molar-refractivity contribution >= 4 is 45.7 Å². The van der Waals surface area contributed by atoms with E-state index in [1.54, 1.807) is 12.1 Å². The molecular formula is C12H12Cl2N2O5S. The first-order valence-electron chi connectivity index (χ1n) is 5.65. The molecule has 120 valence electrons. The lowest BCUT2D eigenvalue weighted by molar-refractivity contribution is 0.0697. The molecule has 0 aliphatic carbocycles. The predicted molar refractivity (Wildman–Crippen MR) is 83.1 cm³/mol. The third kappa shape index (κ3) is 4.14. The van der Waals surface area contributed by atoms with E-state index < -0.39 is 20.9 Å². The van der Waals surface area contributed by atoms with Gasteiger partial charge in [0.15, 0.2) is 0 Å². The molecule has 0 fully saturated rings. The van der Waals surface area contributed by atoms with Crippen LogP contribution in [0.25, 0.3) is 0 Å². The molecule has 0 aliphatic rings. The minimum atomic E-state index is -4.11. The Morgan fingerprint density at radius 3 is 2.59 bits per heavy atom. The lowest BCUT2D eigenvalue weighted by atomic mass is 10.1. The van der Waals surface area contributed by atoms with Gasteiger partial charge in [-0.3, -0.25) is 0 Å². The van der Waals surface area contributed by atoms with E-state index >= 15 is 0 Å². The van der Waals surface area contributed by atoms with Gasteiger partial charge in [0.25, 0.3) is 0 Å². The van der Waals surface area contributed by atoms with E-state index in [4.69, 9.17) is 26.3 Å². The Morgan fingerprint density at radius 2 is 2.09 bits per heavy atom. The second kappa shape index (κ2) is 7.01. The smallest absolute Gasteiger partial charge is 0.337 e. The highest BCUT2D eigenvalue weighted by molar-refractivity contribution is 7.89. The number of anilines is 1. The highest BCUT2D eigenvalue weighted by Crippen LogP contribution is 2.28. The lowest BCUT2D eigenvalue weighted by Gasteiger charge is -2.11. The number of carbonyl (C=O) groups is 1. The highest BCUT2D eigenvalue weighted by atomic mass is 35.5. The van der Waals surface area contributed by atoms with Crippen molar-refractivity contribution in [1.29, 1.82) is 0 Å². The number of furan rings is 1. The van der Waals surface area contributed by atoms with Gasteiger partial charge in [-0.1, -0.05) is 11.6 Å². The summed E-state index contributed by atoms with van der Waals surface area (Å²) in [4.78, 5) is 10.8. The molecule has 0 atom stereocenters.